The molecule has 1 aromatic heterocycles. The van der Waals surface area contributed by atoms with E-state index in [2.05, 4.69) is 14.8 Å². The number of rotatable bonds is 11. The first-order valence-electron chi connectivity index (χ1n) is 13.1. The predicted molar refractivity (Wildman–Crippen MR) is 132 cm³/mol. The maximum atomic E-state index is 12.5. The molecule has 42 heavy (non-hydrogen) atoms. The zero-order valence-corrected chi connectivity index (χ0v) is 23.2. The van der Waals surface area contributed by atoms with Crippen LogP contribution in [0.5, 0.6) is 5.75 Å². The van der Waals surface area contributed by atoms with Gasteiger partial charge in [0.25, 0.3) is 0 Å². The largest absolute Gasteiger partial charge is 0.573 e. The van der Waals surface area contributed by atoms with Gasteiger partial charge in [-0.15, -0.1) is 13.2 Å². The Bertz CT molecular complexity index is 1240. The Labute approximate surface area is 238 Å². The maximum Gasteiger partial charge on any atom is 0.573 e. The zero-order chi connectivity index (χ0) is 30.3. The first-order chi connectivity index (χ1) is 19.7. The first-order valence-corrected chi connectivity index (χ1v) is 13.1. The molecule has 3 aliphatic rings. The number of ether oxygens (including phenoxy) is 8. The van der Waals surface area contributed by atoms with Gasteiger partial charge in [-0.1, -0.05) is 17.1 Å². The molecule has 0 amide bonds. The van der Waals surface area contributed by atoms with Crippen LogP contribution in [0.25, 0.3) is 0 Å². The van der Waals surface area contributed by atoms with Crippen molar-refractivity contribution in [3.05, 3.63) is 46.3 Å². The molecule has 2 aromatic rings. The predicted octanol–water partition coefficient (Wildman–Crippen LogP) is 3.08. The zero-order valence-electron chi connectivity index (χ0n) is 23.2. The molecule has 0 radical (unpaired) electrons. The lowest BCUT2D eigenvalue weighted by Gasteiger charge is -2.37. The van der Waals surface area contributed by atoms with Gasteiger partial charge in [0.15, 0.2) is 17.9 Å². The Morgan fingerprint density at radius 1 is 1.05 bits per heavy atom. The molecular formula is C25H31F3N4O10. The molecule has 232 valence electrons. The van der Waals surface area contributed by atoms with Crippen LogP contribution in [-0.4, -0.2) is 87.6 Å². The molecule has 3 aliphatic heterocycles. The second kappa shape index (κ2) is 11.6. The average molecular weight is 605 g/mol. The molecule has 0 N–H and O–H groups in total. The van der Waals surface area contributed by atoms with Crippen molar-refractivity contribution in [1.82, 2.24) is 14.8 Å². The molecule has 4 heterocycles. The highest BCUT2D eigenvalue weighted by molar-refractivity contribution is 5.27. The van der Waals surface area contributed by atoms with E-state index in [9.17, 15) is 23.3 Å². The van der Waals surface area contributed by atoms with Crippen LogP contribution in [0.2, 0.25) is 0 Å². The summed E-state index contributed by atoms with van der Waals surface area (Å²) in [5.41, 5.74) is 0.559. The molecule has 1 unspecified atom stereocenters. The molecule has 14 nitrogen and oxygen atoms in total. The summed E-state index contributed by atoms with van der Waals surface area (Å²) in [6.07, 6.45) is -7.03. The minimum absolute atomic E-state index is 0.00136. The summed E-state index contributed by atoms with van der Waals surface area (Å²) in [5, 5.41) is 14.8. The number of benzene rings is 1. The van der Waals surface area contributed by atoms with Crippen molar-refractivity contribution in [2.24, 2.45) is 0 Å². The highest BCUT2D eigenvalue weighted by atomic mass is 19.4. The van der Waals surface area contributed by atoms with Crippen LogP contribution in [-0.2, 0) is 46.3 Å². The van der Waals surface area contributed by atoms with Crippen molar-refractivity contribution in [2.75, 3.05) is 13.2 Å². The van der Waals surface area contributed by atoms with E-state index in [4.69, 9.17) is 33.2 Å². The van der Waals surface area contributed by atoms with Gasteiger partial charge in [0.05, 0.1) is 26.4 Å². The summed E-state index contributed by atoms with van der Waals surface area (Å²) in [6.45, 7) is 7.25. The monoisotopic (exact) mass is 604 g/mol. The number of hydrogen-bond acceptors (Lipinski definition) is 12. The van der Waals surface area contributed by atoms with Gasteiger partial charge in [0.1, 0.15) is 36.3 Å². The third-order valence-corrected chi connectivity index (χ3v) is 6.56. The SMILES string of the molecule is CC1(C)O[C@H]2[C@@H](O1)[C@@H](COCC(Cn1cnc([N+](=O)[O-])n1)OCc1ccc(OC(F)(F)F)cc1)O[C@@H]1OC(C)(C)O[C@@H]12. The van der Waals surface area contributed by atoms with Gasteiger partial charge >= 0.3 is 12.3 Å². The fraction of sp³-hybridized carbons (Fsp3) is 0.680. The lowest BCUT2D eigenvalue weighted by molar-refractivity contribution is -0.394. The third-order valence-electron chi connectivity index (χ3n) is 6.56. The molecule has 17 heteroatoms. The lowest BCUT2D eigenvalue weighted by Crippen LogP contribution is -2.56. The Hall–Kier alpha value is -2.93. The van der Waals surface area contributed by atoms with Crippen molar-refractivity contribution in [1.29, 1.82) is 0 Å². The van der Waals surface area contributed by atoms with E-state index in [0.717, 1.165) is 0 Å². The number of alkyl halides is 3. The second-order valence-electron chi connectivity index (χ2n) is 10.9. The van der Waals surface area contributed by atoms with E-state index < -0.39 is 65.6 Å². The van der Waals surface area contributed by atoms with Crippen LogP contribution in [0.15, 0.2) is 30.6 Å². The molecule has 0 spiro atoms. The molecule has 6 atom stereocenters. The number of aromatic nitrogens is 3. The van der Waals surface area contributed by atoms with E-state index in [0.29, 0.717) is 5.56 Å². The van der Waals surface area contributed by atoms with Crippen molar-refractivity contribution < 1.29 is 56.0 Å². The Kier molecular flexibility index (Phi) is 8.45. The van der Waals surface area contributed by atoms with Crippen molar-refractivity contribution in [2.45, 2.75) is 95.6 Å². The van der Waals surface area contributed by atoms with Gasteiger partial charge in [-0.3, -0.25) is 0 Å². The van der Waals surface area contributed by atoms with E-state index in [1.54, 1.807) is 27.7 Å². The molecular weight excluding hydrogens is 573 g/mol. The summed E-state index contributed by atoms with van der Waals surface area (Å²) in [6, 6.07) is 5.19. The van der Waals surface area contributed by atoms with Gasteiger partial charge < -0.3 is 48.0 Å². The summed E-state index contributed by atoms with van der Waals surface area (Å²) >= 11 is 0. The summed E-state index contributed by atoms with van der Waals surface area (Å²) in [4.78, 5) is 13.9. The number of fused-ring (bicyclic) bond motifs is 3. The van der Waals surface area contributed by atoms with Crippen molar-refractivity contribution in [3.8, 4) is 5.75 Å². The van der Waals surface area contributed by atoms with Gasteiger partial charge in [-0.25, -0.2) is 0 Å². The van der Waals surface area contributed by atoms with Crippen LogP contribution in [0, 0.1) is 10.1 Å². The number of halogens is 3. The highest BCUT2D eigenvalue weighted by Gasteiger charge is 2.60. The molecule has 0 bridgehead atoms. The van der Waals surface area contributed by atoms with Crippen molar-refractivity contribution >= 4 is 5.95 Å². The molecule has 0 saturated carbocycles. The Morgan fingerprint density at radius 3 is 2.38 bits per heavy atom. The van der Waals surface area contributed by atoms with E-state index in [-0.39, 0.29) is 32.1 Å². The number of nitro groups is 1. The molecule has 3 fully saturated rings. The summed E-state index contributed by atoms with van der Waals surface area (Å²) in [7, 11) is 0. The third kappa shape index (κ3) is 7.52. The molecule has 5 rings (SSSR count). The van der Waals surface area contributed by atoms with Crippen LogP contribution < -0.4 is 4.74 Å². The number of hydrogen-bond donors (Lipinski definition) is 0. The standard InChI is InChI=1S/C25H31F3N4O10/c1-23(2)39-18-17(37-21-20(19(18)40-23)41-24(3,4)42-21)12-35-11-16(9-31-13-29-22(30-31)32(33)34)36-10-14-5-7-15(8-6-14)38-25(26,27)28/h5-8,13,16-21H,9-12H2,1-4H3/t16?,17-,18+,19+,20-,21-/m1/s1. The molecule has 0 aliphatic carbocycles. The summed E-state index contributed by atoms with van der Waals surface area (Å²) in [5.74, 6) is -2.69. The van der Waals surface area contributed by atoms with Crippen LogP contribution in [0.1, 0.15) is 33.3 Å². The summed E-state index contributed by atoms with van der Waals surface area (Å²) < 4.78 is 84.7. The lowest BCUT2D eigenvalue weighted by atomic mass is 9.99. The average Bonchev–Trinajstić information content (AvgIpc) is 3.56. The fourth-order valence-corrected chi connectivity index (χ4v) is 4.96. The Balaban J connectivity index is 1.22. The maximum absolute atomic E-state index is 12.5. The minimum atomic E-state index is -4.80. The van der Waals surface area contributed by atoms with Crippen LogP contribution in [0.4, 0.5) is 19.1 Å². The highest BCUT2D eigenvalue weighted by Crippen LogP contribution is 2.44. The van der Waals surface area contributed by atoms with Gasteiger partial charge in [0, 0.05) is 5.10 Å². The molecule has 1 aromatic carbocycles. The van der Waals surface area contributed by atoms with Crippen molar-refractivity contribution in [3.63, 3.8) is 0 Å². The fourth-order valence-electron chi connectivity index (χ4n) is 4.96. The quantitative estimate of drug-likeness (QED) is 0.274. The number of nitrogens with zero attached hydrogens (tertiary/aromatic N) is 4. The van der Waals surface area contributed by atoms with Crippen LogP contribution >= 0.6 is 0 Å². The van der Waals surface area contributed by atoms with Crippen LogP contribution in [0.3, 0.4) is 0 Å². The second-order valence-corrected chi connectivity index (χ2v) is 10.9. The molecule has 3 saturated heterocycles. The van der Waals surface area contributed by atoms with Gasteiger partial charge in [0.2, 0.25) is 6.33 Å². The topological polar surface area (TPSA) is 148 Å². The van der Waals surface area contributed by atoms with E-state index >= 15 is 0 Å². The van der Waals surface area contributed by atoms with E-state index in [1.165, 1.54) is 35.3 Å². The van der Waals surface area contributed by atoms with Gasteiger partial charge in [-0.05, 0) is 50.3 Å². The smallest absolute Gasteiger partial charge is 0.406 e. The first kappa shape index (κ1) is 30.5. The Morgan fingerprint density at radius 2 is 1.71 bits per heavy atom. The van der Waals surface area contributed by atoms with Gasteiger partial charge in [-0.2, -0.15) is 4.68 Å². The van der Waals surface area contributed by atoms with E-state index in [1.807, 2.05) is 0 Å². The minimum Gasteiger partial charge on any atom is -0.406 e. The normalized spacial score (nSPS) is 28.7.